The number of anilines is 1. The summed E-state index contributed by atoms with van der Waals surface area (Å²) in [5.74, 6) is -1.11. The first-order chi connectivity index (χ1) is 12.4. The van der Waals surface area contributed by atoms with Gasteiger partial charge >= 0.3 is 0 Å². The molecule has 3 rings (SSSR count). The number of rotatable bonds is 5. The summed E-state index contributed by atoms with van der Waals surface area (Å²) in [6.07, 6.45) is 0.0277. The third-order valence-electron chi connectivity index (χ3n) is 3.50. The van der Waals surface area contributed by atoms with Crippen molar-refractivity contribution in [3.8, 4) is 17.0 Å². The monoisotopic (exact) mass is 431 g/mol. The van der Waals surface area contributed by atoms with Crippen LogP contribution in [0.3, 0.4) is 0 Å². The van der Waals surface area contributed by atoms with Gasteiger partial charge in [0.1, 0.15) is 5.75 Å². The van der Waals surface area contributed by atoms with Gasteiger partial charge in [0, 0.05) is 14.9 Å². The largest absolute Gasteiger partial charge is 0.507 e. The van der Waals surface area contributed by atoms with Crippen LogP contribution in [0.5, 0.6) is 5.75 Å². The highest BCUT2D eigenvalue weighted by atomic mass is 79.9. The highest BCUT2D eigenvalue weighted by Gasteiger charge is 2.18. The number of phenols is 1. The fourth-order valence-corrected chi connectivity index (χ4v) is 3.71. The van der Waals surface area contributed by atoms with Gasteiger partial charge in [0.15, 0.2) is 5.13 Å². The third kappa shape index (κ3) is 4.09. The van der Waals surface area contributed by atoms with E-state index in [4.69, 9.17) is 5.73 Å². The Morgan fingerprint density at radius 1 is 1.19 bits per heavy atom. The third-order valence-corrected chi connectivity index (χ3v) is 4.97. The number of thiazole rings is 1. The normalized spacial score (nSPS) is 10.5. The van der Waals surface area contributed by atoms with Crippen LogP contribution in [0, 0.1) is 0 Å². The molecule has 0 aliphatic carbocycles. The molecule has 0 radical (unpaired) electrons. The number of nitrogens with zero attached hydrogens (tertiary/aromatic N) is 1. The fourth-order valence-electron chi connectivity index (χ4n) is 2.36. The van der Waals surface area contributed by atoms with E-state index in [1.54, 1.807) is 6.07 Å². The summed E-state index contributed by atoms with van der Waals surface area (Å²) in [4.78, 5) is 28.9. The molecule has 3 aromatic rings. The van der Waals surface area contributed by atoms with Crippen LogP contribution in [0.1, 0.15) is 15.2 Å². The molecule has 0 atom stereocenters. The minimum Gasteiger partial charge on any atom is -0.507 e. The van der Waals surface area contributed by atoms with Gasteiger partial charge < -0.3 is 10.8 Å². The highest BCUT2D eigenvalue weighted by Crippen LogP contribution is 2.32. The molecule has 1 aromatic heterocycles. The Kier molecular flexibility index (Phi) is 5.34. The molecular formula is C18H14BrN3O3S. The first-order valence-corrected chi connectivity index (χ1v) is 9.18. The number of phenolic OH excluding ortho intramolecular Hbond substituents is 1. The molecular weight excluding hydrogens is 418 g/mol. The fraction of sp³-hybridized carbons (Fsp3) is 0.0556. The minimum atomic E-state index is -0.497. The second kappa shape index (κ2) is 7.67. The van der Waals surface area contributed by atoms with E-state index < -0.39 is 11.8 Å². The molecule has 4 N–H and O–H groups in total. The lowest BCUT2D eigenvalue weighted by Gasteiger charge is -2.04. The number of primary amides is 1. The van der Waals surface area contributed by atoms with Gasteiger partial charge in [0.2, 0.25) is 5.91 Å². The summed E-state index contributed by atoms with van der Waals surface area (Å²) in [5, 5.41) is 12.9. The lowest BCUT2D eigenvalue weighted by molar-refractivity contribution is -0.117. The number of amides is 2. The molecule has 0 saturated heterocycles. The number of carbonyl (C=O) groups is 2. The Morgan fingerprint density at radius 3 is 2.62 bits per heavy atom. The second-order valence-corrected chi connectivity index (χ2v) is 7.41. The topological polar surface area (TPSA) is 105 Å². The first kappa shape index (κ1) is 18.1. The number of carbonyl (C=O) groups excluding carboxylic acids is 2. The van der Waals surface area contributed by atoms with Gasteiger partial charge in [-0.25, -0.2) is 4.98 Å². The van der Waals surface area contributed by atoms with E-state index in [2.05, 4.69) is 26.2 Å². The molecule has 0 spiro atoms. The summed E-state index contributed by atoms with van der Waals surface area (Å²) in [6, 6.07) is 13.9. The Hall–Kier alpha value is -2.71. The van der Waals surface area contributed by atoms with Crippen LogP contribution in [-0.4, -0.2) is 21.9 Å². The van der Waals surface area contributed by atoms with Crippen molar-refractivity contribution < 1.29 is 14.7 Å². The molecule has 0 unspecified atom stereocenters. The quantitative estimate of drug-likeness (QED) is 0.573. The van der Waals surface area contributed by atoms with Gasteiger partial charge in [-0.15, -0.1) is 11.3 Å². The van der Waals surface area contributed by atoms with Crippen molar-refractivity contribution in [1.29, 1.82) is 0 Å². The molecule has 1 heterocycles. The van der Waals surface area contributed by atoms with Gasteiger partial charge in [0.25, 0.3) is 5.91 Å². The summed E-state index contributed by atoms with van der Waals surface area (Å²) in [6.45, 7) is 0. The number of nitrogens with one attached hydrogen (secondary N) is 1. The predicted molar refractivity (Wildman–Crippen MR) is 104 cm³/mol. The Balaban J connectivity index is 1.93. The summed E-state index contributed by atoms with van der Waals surface area (Å²) >= 11 is 4.45. The van der Waals surface area contributed by atoms with Gasteiger partial charge in [0.05, 0.1) is 17.7 Å². The number of nitrogens with two attached hydrogens (primary N) is 1. The molecule has 0 bridgehead atoms. The summed E-state index contributed by atoms with van der Waals surface area (Å²) in [7, 11) is 0. The lowest BCUT2D eigenvalue weighted by Crippen LogP contribution is -2.13. The number of hydrogen-bond donors (Lipinski definition) is 3. The zero-order valence-electron chi connectivity index (χ0n) is 13.4. The predicted octanol–water partition coefficient (Wildman–Crippen LogP) is 3.56. The Morgan fingerprint density at radius 2 is 1.92 bits per heavy atom. The van der Waals surface area contributed by atoms with Crippen LogP contribution in [0.15, 0.2) is 53.0 Å². The van der Waals surface area contributed by atoms with Crippen LogP contribution in [-0.2, 0) is 11.2 Å². The molecule has 0 fully saturated rings. The van der Waals surface area contributed by atoms with Crippen molar-refractivity contribution in [2.75, 3.05) is 5.32 Å². The maximum absolute atomic E-state index is 12.4. The molecule has 2 aromatic carbocycles. The number of halogens is 1. The molecule has 6 nitrogen and oxygen atoms in total. The van der Waals surface area contributed by atoms with Gasteiger partial charge in [-0.2, -0.15) is 0 Å². The van der Waals surface area contributed by atoms with E-state index in [1.807, 2.05) is 30.3 Å². The van der Waals surface area contributed by atoms with Crippen molar-refractivity contribution in [2.45, 2.75) is 6.42 Å². The van der Waals surface area contributed by atoms with E-state index in [1.165, 1.54) is 23.5 Å². The Bertz CT molecular complexity index is 973. The maximum atomic E-state index is 12.4. The number of aromatic hydroxyl groups is 1. The van der Waals surface area contributed by atoms with Crippen LogP contribution in [0.4, 0.5) is 5.13 Å². The zero-order chi connectivity index (χ0) is 18.7. The van der Waals surface area contributed by atoms with E-state index in [-0.39, 0.29) is 17.7 Å². The Labute approximate surface area is 161 Å². The maximum Gasteiger partial charge on any atom is 0.261 e. The molecule has 132 valence electrons. The molecule has 26 heavy (non-hydrogen) atoms. The van der Waals surface area contributed by atoms with Gasteiger partial charge in [-0.05, 0) is 18.2 Å². The lowest BCUT2D eigenvalue weighted by atomic mass is 10.1. The van der Waals surface area contributed by atoms with Crippen molar-refractivity contribution in [2.24, 2.45) is 5.73 Å². The van der Waals surface area contributed by atoms with Crippen LogP contribution >= 0.6 is 27.3 Å². The molecule has 0 aliphatic heterocycles. The van der Waals surface area contributed by atoms with Crippen LogP contribution < -0.4 is 11.1 Å². The van der Waals surface area contributed by atoms with Gasteiger partial charge in [-0.1, -0.05) is 46.3 Å². The van der Waals surface area contributed by atoms with Crippen molar-refractivity contribution in [1.82, 2.24) is 4.98 Å². The molecule has 0 saturated carbocycles. The van der Waals surface area contributed by atoms with Crippen molar-refractivity contribution >= 4 is 44.2 Å². The second-order valence-electron chi connectivity index (χ2n) is 5.42. The zero-order valence-corrected chi connectivity index (χ0v) is 15.8. The minimum absolute atomic E-state index is 0.0277. The van der Waals surface area contributed by atoms with Crippen LogP contribution in [0.2, 0.25) is 0 Å². The first-order valence-electron chi connectivity index (χ1n) is 7.57. The van der Waals surface area contributed by atoms with Gasteiger partial charge in [-0.3, -0.25) is 14.9 Å². The number of hydrogen-bond acceptors (Lipinski definition) is 5. The number of aromatic nitrogens is 1. The molecule has 0 aliphatic rings. The van der Waals surface area contributed by atoms with Crippen molar-refractivity contribution in [3.05, 3.63) is 63.4 Å². The average molecular weight is 432 g/mol. The average Bonchev–Trinajstić information content (AvgIpc) is 2.99. The summed E-state index contributed by atoms with van der Waals surface area (Å²) < 4.78 is 0.666. The van der Waals surface area contributed by atoms with E-state index in [0.29, 0.717) is 20.2 Å². The highest BCUT2D eigenvalue weighted by molar-refractivity contribution is 9.10. The van der Waals surface area contributed by atoms with E-state index >= 15 is 0 Å². The van der Waals surface area contributed by atoms with E-state index in [0.717, 1.165) is 5.56 Å². The number of benzene rings is 2. The standard InChI is InChI=1S/C18H14BrN3O3S/c19-11-6-7-13(23)12(8-11)17(25)22-18-21-16(10-4-2-1-3-5-10)14(26-18)9-15(20)24/h1-8,23H,9H2,(H2,20,24)(H,21,22,25). The van der Waals surface area contributed by atoms with E-state index in [9.17, 15) is 14.7 Å². The molecule has 8 heteroatoms. The smallest absolute Gasteiger partial charge is 0.261 e. The SMILES string of the molecule is NC(=O)Cc1sc(NC(=O)c2cc(Br)ccc2O)nc1-c1ccccc1. The summed E-state index contributed by atoms with van der Waals surface area (Å²) in [5.41, 5.74) is 6.87. The van der Waals surface area contributed by atoms with Crippen molar-refractivity contribution in [3.63, 3.8) is 0 Å². The van der Waals surface area contributed by atoms with Crippen LogP contribution in [0.25, 0.3) is 11.3 Å². The molecule has 2 amide bonds.